The molecule has 0 atom stereocenters. The van der Waals surface area contributed by atoms with Crippen molar-refractivity contribution in [3.8, 4) is 17.1 Å². The van der Waals surface area contributed by atoms with Crippen molar-refractivity contribution in [3.05, 3.63) is 65.6 Å². The molecular weight excluding hydrogens is 380 g/mol. The van der Waals surface area contributed by atoms with Crippen molar-refractivity contribution < 1.29 is 22.8 Å². The summed E-state index contributed by atoms with van der Waals surface area (Å²) >= 11 is 0. The van der Waals surface area contributed by atoms with Crippen LogP contribution in [0.1, 0.15) is 17.9 Å². The molecule has 0 spiro atoms. The highest BCUT2D eigenvalue weighted by molar-refractivity contribution is 5.76. The number of rotatable bonds is 8. The number of likely N-dealkylation sites (N-methyl/N-ethyl adjacent to an activating group) is 1. The fourth-order valence-electron chi connectivity index (χ4n) is 2.59. The second kappa shape index (κ2) is 9.27. The number of carbonyl (C=O) groups excluding carboxylic acids is 1. The first-order valence-electron chi connectivity index (χ1n) is 9.14. The molecule has 1 heterocycles. The van der Waals surface area contributed by atoms with Crippen molar-refractivity contribution in [2.24, 2.45) is 0 Å². The maximum Gasteiger partial charge on any atom is 0.227 e. The van der Waals surface area contributed by atoms with Gasteiger partial charge in [-0.1, -0.05) is 29.4 Å². The lowest BCUT2D eigenvalue weighted by atomic mass is 10.1. The minimum absolute atomic E-state index is 0.136. The van der Waals surface area contributed by atoms with Gasteiger partial charge in [0.25, 0.3) is 0 Å². The number of ether oxygens (including phenoxy) is 1. The van der Waals surface area contributed by atoms with Gasteiger partial charge >= 0.3 is 0 Å². The van der Waals surface area contributed by atoms with Gasteiger partial charge in [0, 0.05) is 25.5 Å². The topological polar surface area (TPSA) is 68.5 Å². The van der Waals surface area contributed by atoms with Gasteiger partial charge in [-0.25, -0.2) is 8.78 Å². The third-order valence-electron chi connectivity index (χ3n) is 4.40. The van der Waals surface area contributed by atoms with E-state index >= 15 is 0 Å². The summed E-state index contributed by atoms with van der Waals surface area (Å²) in [6.07, 6.45) is 0.429. The Morgan fingerprint density at radius 3 is 2.72 bits per heavy atom. The van der Waals surface area contributed by atoms with E-state index in [1.807, 2.05) is 0 Å². The van der Waals surface area contributed by atoms with Crippen LogP contribution in [0.4, 0.5) is 8.78 Å². The van der Waals surface area contributed by atoms with Gasteiger partial charge in [-0.3, -0.25) is 4.79 Å². The number of carbonyl (C=O) groups is 1. The van der Waals surface area contributed by atoms with E-state index in [0.29, 0.717) is 23.6 Å². The third kappa shape index (κ3) is 5.37. The number of benzene rings is 2. The Morgan fingerprint density at radius 1 is 1.17 bits per heavy atom. The minimum Gasteiger partial charge on any atom is -0.489 e. The van der Waals surface area contributed by atoms with Crippen molar-refractivity contribution >= 4 is 5.91 Å². The summed E-state index contributed by atoms with van der Waals surface area (Å²) in [5.74, 6) is -0.198. The lowest BCUT2D eigenvalue weighted by Crippen LogP contribution is -2.31. The highest BCUT2D eigenvalue weighted by atomic mass is 19.1. The number of hydrogen-bond acceptors (Lipinski definition) is 5. The van der Waals surface area contributed by atoms with Crippen LogP contribution in [0.3, 0.4) is 0 Å². The van der Waals surface area contributed by atoms with E-state index in [0.717, 1.165) is 0 Å². The monoisotopic (exact) mass is 401 g/mol. The Kier molecular flexibility index (Phi) is 6.54. The molecule has 1 amide bonds. The number of aryl methyl sites for hydroxylation is 2. The smallest absolute Gasteiger partial charge is 0.227 e. The Balaban J connectivity index is 1.47. The first-order chi connectivity index (χ1) is 13.9. The van der Waals surface area contributed by atoms with E-state index in [9.17, 15) is 13.6 Å². The molecule has 0 saturated heterocycles. The van der Waals surface area contributed by atoms with Crippen molar-refractivity contribution in [1.29, 1.82) is 0 Å². The molecular formula is C21H21F2N3O3. The number of nitrogens with zero attached hydrogens (tertiary/aromatic N) is 3. The van der Waals surface area contributed by atoms with Crippen LogP contribution >= 0.6 is 0 Å². The van der Waals surface area contributed by atoms with Gasteiger partial charge < -0.3 is 14.2 Å². The molecule has 152 valence electrons. The molecule has 0 bridgehead atoms. The first kappa shape index (κ1) is 20.4. The molecule has 0 aliphatic carbocycles. The van der Waals surface area contributed by atoms with E-state index in [1.54, 1.807) is 38.2 Å². The zero-order valence-corrected chi connectivity index (χ0v) is 16.2. The van der Waals surface area contributed by atoms with Crippen molar-refractivity contribution in [2.75, 3.05) is 20.2 Å². The molecule has 1 aromatic heterocycles. The van der Waals surface area contributed by atoms with Gasteiger partial charge in [0.05, 0.1) is 6.54 Å². The van der Waals surface area contributed by atoms with Gasteiger partial charge in [0.15, 0.2) is 11.6 Å². The van der Waals surface area contributed by atoms with Gasteiger partial charge in [-0.2, -0.15) is 4.98 Å². The molecule has 2 aromatic carbocycles. The second-order valence-electron chi connectivity index (χ2n) is 6.57. The van der Waals surface area contributed by atoms with Gasteiger partial charge in [0.2, 0.25) is 17.6 Å². The van der Waals surface area contributed by atoms with Gasteiger partial charge in [-0.15, -0.1) is 0 Å². The van der Waals surface area contributed by atoms with E-state index in [1.165, 1.54) is 23.1 Å². The summed E-state index contributed by atoms with van der Waals surface area (Å²) < 4.78 is 37.7. The van der Waals surface area contributed by atoms with Crippen LogP contribution in [0.5, 0.6) is 5.75 Å². The normalized spacial score (nSPS) is 10.8. The van der Waals surface area contributed by atoms with Crippen LogP contribution in [0.25, 0.3) is 11.4 Å². The SMILES string of the molecule is Cc1ccc(-c2noc(CCC(=O)N(C)CCOc3ccccc3F)n2)cc1F. The zero-order chi connectivity index (χ0) is 20.8. The standard InChI is InChI=1S/C21H21F2N3O3/c1-14-7-8-15(13-17(14)23)21-24-19(29-25-21)9-10-20(27)26(2)11-12-28-18-6-4-3-5-16(18)22/h3-8,13H,9-12H2,1-2H3. The van der Waals surface area contributed by atoms with Crippen LogP contribution in [0, 0.1) is 18.6 Å². The molecule has 6 nitrogen and oxygen atoms in total. The van der Waals surface area contributed by atoms with Gasteiger partial charge in [0.1, 0.15) is 12.4 Å². The molecule has 0 saturated carbocycles. The quantitative estimate of drug-likeness (QED) is 0.574. The molecule has 29 heavy (non-hydrogen) atoms. The summed E-state index contributed by atoms with van der Waals surface area (Å²) in [4.78, 5) is 17.9. The number of para-hydroxylation sites is 1. The number of hydrogen-bond donors (Lipinski definition) is 0. The van der Waals surface area contributed by atoms with Crippen LogP contribution in [0.15, 0.2) is 47.0 Å². The van der Waals surface area contributed by atoms with E-state index in [-0.39, 0.29) is 42.7 Å². The predicted octanol–water partition coefficient (Wildman–Crippen LogP) is 3.79. The minimum atomic E-state index is -0.442. The molecule has 0 unspecified atom stereocenters. The maximum absolute atomic E-state index is 13.7. The summed E-state index contributed by atoms with van der Waals surface area (Å²) in [5, 5.41) is 3.84. The van der Waals surface area contributed by atoms with Crippen LogP contribution < -0.4 is 4.74 Å². The largest absolute Gasteiger partial charge is 0.489 e. The van der Waals surface area contributed by atoms with Crippen LogP contribution in [0.2, 0.25) is 0 Å². The first-order valence-corrected chi connectivity index (χ1v) is 9.14. The Labute approximate surface area is 167 Å². The van der Waals surface area contributed by atoms with Crippen LogP contribution in [-0.2, 0) is 11.2 Å². The molecule has 8 heteroatoms. The Bertz CT molecular complexity index is 991. The summed E-state index contributed by atoms with van der Waals surface area (Å²) in [6, 6.07) is 10.8. The molecule has 3 rings (SSSR count). The number of amides is 1. The van der Waals surface area contributed by atoms with Crippen molar-refractivity contribution in [3.63, 3.8) is 0 Å². The number of aromatic nitrogens is 2. The summed E-state index contributed by atoms with van der Waals surface area (Å²) in [7, 11) is 1.64. The fraction of sp³-hybridized carbons (Fsp3) is 0.286. The lowest BCUT2D eigenvalue weighted by Gasteiger charge is -2.17. The molecule has 0 radical (unpaired) electrons. The Morgan fingerprint density at radius 2 is 1.97 bits per heavy atom. The summed E-state index contributed by atoms with van der Waals surface area (Å²) in [5.41, 5.74) is 1.04. The highest BCUT2D eigenvalue weighted by Gasteiger charge is 2.14. The molecule has 0 fully saturated rings. The van der Waals surface area contributed by atoms with Crippen molar-refractivity contribution in [1.82, 2.24) is 15.0 Å². The van der Waals surface area contributed by atoms with E-state index < -0.39 is 5.82 Å². The number of halogens is 2. The van der Waals surface area contributed by atoms with Crippen LogP contribution in [-0.4, -0.2) is 41.1 Å². The molecule has 0 aliphatic heterocycles. The van der Waals surface area contributed by atoms with Crippen molar-refractivity contribution in [2.45, 2.75) is 19.8 Å². The maximum atomic E-state index is 13.7. The average molecular weight is 401 g/mol. The third-order valence-corrected chi connectivity index (χ3v) is 4.40. The van der Waals surface area contributed by atoms with E-state index in [4.69, 9.17) is 9.26 Å². The molecule has 0 N–H and O–H groups in total. The molecule has 3 aromatic rings. The highest BCUT2D eigenvalue weighted by Crippen LogP contribution is 2.19. The lowest BCUT2D eigenvalue weighted by molar-refractivity contribution is -0.130. The van der Waals surface area contributed by atoms with Gasteiger partial charge in [-0.05, 0) is 30.7 Å². The second-order valence-corrected chi connectivity index (χ2v) is 6.57. The fourth-order valence-corrected chi connectivity index (χ4v) is 2.59. The Hall–Kier alpha value is -3.29. The average Bonchev–Trinajstić information content (AvgIpc) is 3.18. The summed E-state index contributed by atoms with van der Waals surface area (Å²) in [6.45, 7) is 2.15. The van der Waals surface area contributed by atoms with E-state index in [2.05, 4.69) is 10.1 Å². The predicted molar refractivity (Wildman–Crippen MR) is 102 cm³/mol. The molecule has 0 aliphatic rings. The zero-order valence-electron chi connectivity index (χ0n) is 16.2.